The molecule has 32 heavy (non-hydrogen) atoms. The molecule has 0 heterocycles. The molecule has 0 aliphatic heterocycles. The van der Waals surface area contributed by atoms with E-state index in [2.05, 4.69) is 5.32 Å². The van der Waals surface area contributed by atoms with Crippen LogP contribution in [0, 0.1) is 0 Å². The van der Waals surface area contributed by atoms with Crippen molar-refractivity contribution in [3.8, 4) is 11.1 Å². The number of hydrogen-bond donors (Lipinski definition) is 2. The average molecular weight is 441 g/mol. The molecule has 0 saturated carbocycles. The number of amides is 1. The number of ether oxygens (including phenoxy) is 1. The van der Waals surface area contributed by atoms with E-state index in [9.17, 15) is 27.9 Å². The van der Waals surface area contributed by atoms with E-state index in [0.29, 0.717) is 0 Å². The third-order valence-corrected chi connectivity index (χ3v) is 5.42. The second-order valence-corrected chi connectivity index (χ2v) is 7.36. The fourth-order valence-corrected chi connectivity index (χ4v) is 3.91. The summed E-state index contributed by atoms with van der Waals surface area (Å²) in [5.41, 5.74) is 3.18. The number of hydrogen-bond acceptors (Lipinski definition) is 3. The SMILES string of the molecule is O=C(NC(C(=O)O)c1ccc(C(F)(F)F)cc1)OCC1c2ccccc2-c2ccccc21. The van der Waals surface area contributed by atoms with Gasteiger partial charge in [-0.15, -0.1) is 0 Å². The Labute approximate surface area is 181 Å². The molecule has 1 amide bonds. The summed E-state index contributed by atoms with van der Waals surface area (Å²) in [6.07, 6.45) is -5.52. The largest absolute Gasteiger partial charge is 0.479 e. The summed E-state index contributed by atoms with van der Waals surface area (Å²) in [4.78, 5) is 24.0. The molecular weight excluding hydrogens is 423 g/mol. The number of aliphatic carboxylic acids is 1. The molecule has 4 rings (SSSR count). The van der Waals surface area contributed by atoms with Crippen LogP contribution in [0.4, 0.5) is 18.0 Å². The van der Waals surface area contributed by atoms with Gasteiger partial charge in [-0.1, -0.05) is 60.7 Å². The fraction of sp³-hybridized carbons (Fsp3) is 0.167. The van der Waals surface area contributed by atoms with Gasteiger partial charge in [0.2, 0.25) is 0 Å². The van der Waals surface area contributed by atoms with Crippen molar-refractivity contribution in [3.05, 3.63) is 95.1 Å². The van der Waals surface area contributed by atoms with Crippen LogP contribution in [-0.2, 0) is 15.7 Å². The second kappa shape index (κ2) is 8.37. The Hall–Kier alpha value is -3.81. The van der Waals surface area contributed by atoms with E-state index < -0.39 is 29.8 Å². The van der Waals surface area contributed by atoms with Gasteiger partial charge in [0.15, 0.2) is 6.04 Å². The predicted octanol–water partition coefficient (Wildman–Crippen LogP) is 5.37. The van der Waals surface area contributed by atoms with Crippen molar-refractivity contribution in [3.63, 3.8) is 0 Å². The Kier molecular flexibility index (Phi) is 5.61. The van der Waals surface area contributed by atoms with E-state index in [0.717, 1.165) is 46.5 Å². The number of benzene rings is 3. The third kappa shape index (κ3) is 4.16. The minimum atomic E-state index is -4.54. The van der Waals surface area contributed by atoms with Crippen LogP contribution in [0.25, 0.3) is 11.1 Å². The smallest absolute Gasteiger partial charge is 0.416 e. The number of carboxylic acid groups (broad SMARTS) is 1. The summed E-state index contributed by atoms with van der Waals surface area (Å²) in [6, 6.07) is 17.5. The quantitative estimate of drug-likeness (QED) is 0.558. The maximum absolute atomic E-state index is 12.7. The number of carboxylic acids is 1. The zero-order valence-corrected chi connectivity index (χ0v) is 16.6. The molecule has 1 aliphatic carbocycles. The van der Waals surface area contributed by atoms with Crippen LogP contribution in [0.3, 0.4) is 0 Å². The van der Waals surface area contributed by atoms with Gasteiger partial charge in [-0.2, -0.15) is 13.2 Å². The molecular formula is C24H18F3NO4. The van der Waals surface area contributed by atoms with Gasteiger partial charge in [0, 0.05) is 5.92 Å². The lowest BCUT2D eigenvalue weighted by atomic mass is 9.98. The first-order chi connectivity index (χ1) is 15.3. The minimum Gasteiger partial charge on any atom is -0.479 e. The Morgan fingerprint density at radius 2 is 1.44 bits per heavy atom. The van der Waals surface area contributed by atoms with E-state index in [1.54, 1.807) is 0 Å². The molecule has 5 nitrogen and oxygen atoms in total. The summed E-state index contributed by atoms with van der Waals surface area (Å²) < 4.78 is 43.6. The average Bonchev–Trinajstić information content (AvgIpc) is 3.09. The van der Waals surface area contributed by atoms with Crippen molar-refractivity contribution in [1.82, 2.24) is 5.32 Å². The lowest BCUT2D eigenvalue weighted by molar-refractivity contribution is -0.139. The van der Waals surface area contributed by atoms with Gasteiger partial charge in [-0.25, -0.2) is 9.59 Å². The first kappa shape index (κ1) is 21.4. The number of fused-ring (bicyclic) bond motifs is 3. The summed E-state index contributed by atoms with van der Waals surface area (Å²) in [7, 11) is 0. The number of carbonyl (C=O) groups excluding carboxylic acids is 1. The number of alkyl carbamates (subject to hydrolysis) is 1. The normalized spacial score (nSPS) is 13.7. The number of halogens is 3. The Bertz CT molecular complexity index is 1110. The highest BCUT2D eigenvalue weighted by atomic mass is 19.4. The number of nitrogens with one attached hydrogen (secondary N) is 1. The van der Waals surface area contributed by atoms with Crippen LogP contribution in [0.15, 0.2) is 72.8 Å². The molecule has 0 fully saturated rings. The van der Waals surface area contributed by atoms with Crippen LogP contribution in [0.2, 0.25) is 0 Å². The van der Waals surface area contributed by atoms with Crippen LogP contribution in [0.5, 0.6) is 0 Å². The molecule has 3 aromatic carbocycles. The van der Waals surface area contributed by atoms with Crippen molar-refractivity contribution in [2.24, 2.45) is 0 Å². The van der Waals surface area contributed by atoms with Crippen molar-refractivity contribution < 1.29 is 32.6 Å². The number of alkyl halides is 3. The standard InChI is InChI=1S/C24H18F3NO4/c25-24(26,27)15-11-9-14(10-12-15)21(22(29)30)28-23(31)32-13-20-18-7-3-1-5-16(18)17-6-2-4-8-19(17)20/h1-12,20-21H,13H2,(H,28,31)(H,29,30). The molecule has 1 atom stereocenters. The summed E-state index contributed by atoms with van der Waals surface area (Å²) in [5, 5.41) is 11.7. The summed E-state index contributed by atoms with van der Waals surface area (Å²) >= 11 is 0. The Morgan fingerprint density at radius 1 is 0.906 bits per heavy atom. The molecule has 0 saturated heterocycles. The van der Waals surface area contributed by atoms with Gasteiger partial charge < -0.3 is 15.2 Å². The molecule has 0 radical (unpaired) electrons. The Balaban J connectivity index is 1.47. The topological polar surface area (TPSA) is 75.6 Å². The van der Waals surface area contributed by atoms with Gasteiger partial charge in [0.05, 0.1) is 5.56 Å². The fourth-order valence-electron chi connectivity index (χ4n) is 3.91. The highest BCUT2D eigenvalue weighted by molar-refractivity contribution is 5.82. The van der Waals surface area contributed by atoms with Crippen molar-refractivity contribution in [1.29, 1.82) is 0 Å². The number of rotatable bonds is 5. The van der Waals surface area contributed by atoms with Crippen LogP contribution in [0.1, 0.15) is 34.2 Å². The van der Waals surface area contributed by atoms with E-state index in [4.69, 9.17) is 4.74 Å². The van der Waals surface area contributed by atoms with Crippen molar-refractivity contribution in [2.75, 3.05) is 6.61 Å². The van der Waals surface area contributed by atoms with E-state index in [-0.39, 0.29) is 18.1 Å². The lowest BCUT2D eigenvalue weighted by Crippen LogP contribution is -2.34. The monoisotopic (exact) mass is 441 g/mol. The molecule has 0 bridgehead atoms. The van der Waals surface area contributed by atoms with Gasteiger partial charge >= 0.3 is 18.2 Å². The van der Waals surface area contributed by atoms with E-state index >= 15 is 0 Å². The minimum absolute atomic E-state index is 0.000919. The van der Waals surface area contributed by atoms with E-state index in [1.807, 2.05) is 48.5 Å². The lowest BCUT2D eigenvalue weighted by Gasteiger charge is -2.18. The molecule has 0 spiro atoms. The van der Waals surface area contributed by atoms with E-state index in [1.165, 1.54) is 0 Å². The zero-order valence-electron chi connectivity index (χ0n) is 16.6. The molecule has 0 aromatic heterocycles. The van der Waals surface area contributed by atoms with Crippen molar-refractivity contribution >= 4 is 12.1 Å². The maximum Gasteiger partial charge on any atom is 0.416 e. The van der Waals surface area contributed by atoms with Crippen LogP contribution >= 0.6 is 0 Å². The highest BCUT2D eigenvalue weighted by Crippen LogP contribution is 2.44. The molecule has 8 heteroatoms. The first-order valence-electron chi connectivity index (χ1n) is 9.77. The van der Waals surface area contributed by atoms with Gasteiger partial charge in [0.1, 0.15) is 6.61 Å². The van der Waals surface area contributed by atoms with Crippen LogP contribution < -0.4 is 5.32 Å². The molecule has 1 aliphatic rings. The summed E-state index contributed by atoms with van der Waals surface area (Å²) in [6.45, 7) is -0.0147. The van der Waals surface area contributed by atoms with Gasteiger partial charge in [-0.3, -0.25) is 0 Å². The second-order valence-electron chi connectivity index (χ2n) is 7.36. The van der Waals surface area contributed by atoms with Gasteiger partial charge in [-0.05, 0) is 39.9 Å². The first-order valence-corrected chi connectivity index (χ1v) is 9.77. The molecule has 1 unspecified atom stereocenters. The Morgan fingerprint density at radius 3 is 1.94 bits per heavy atom. The molecule has 164 valence electrons. The highest BCUT2D eigenvalue weighted by Gasteiger charge is 2.32. The van der Waals surface area contributed by atoms with Gasteiger partial charge in [0.25, 0.3) is 0 Å². The predicted molar refractivity (Wildman–Crippen MR) is 110 cm³/mol. The third-order valence-electron chi connectivity index (χ3n) is 5.42. The molecule has 2 N–H and O–H groups in total. The van der Waals surface area contributed by atoms with Crippen LogP contribution in [-0.4, -0.2) is 23.8 Å². The maximum atomic E-state index is 12.7. The molecule has 3 aromatic rings. The number of carbonyl (C=O) groups is 2. The van der Waals surface area contributed by atoms with Crippen molar-refractivity contribution in [2.45, 2.75) is 18.1 Å². The summed E-state index contributed by atoms with van der Waals surface area (Å²) in [5.74, 6) is -1.62. The zero-order chi connectivity index (χ0) is 22.9.